The number of aldehydes is 1. The number of aryl methyl sites for hydroxylation is 3. The second kappa shape index (κ2) is 6.77. The van der Waals surface area contributed by atoms with E-state index >= 15 is 0 Å². The molecule has 0 aromatic heterocycles. The monoisotopic (exact) mass is 288 g/mol. The van der Waals surface area contributed by atoms with Gasteiger partial charge in [-0.05, 0) is 54.6 Å². The Kier molecular flexibility index (Phi) is 5.78. The summed E-state index contributed by atoms with van der Waals surface area (Å²) in [4.78, 5) is 11.6. The Morgan fingerprint density at radius 3 is 1.52 bits per heavy atom. The van der Waals surface area contributed by atoms with Crippen LogP contribution in [-0.2, 0) is 12.8 Å². The minimum Gasteiger partial charge on any atom is -0.298 e. The van der Waals surface area contributed by atoms with E-state index in [-0.39, 0.29) is 0 Å². The summed E-state index contributed by atoms with van der Waals surface area (Å²) in [7, 11) is 0. The Hall–Kier alpha value is -1.11. The third-order valence-corrected chi connectivity index (χ3v) is 3.90. The molecule has 0 spiro atoms. The van der Waals surface area contributed by atoms with Gasteiger partial charge >= 0.3 is 0 Å². The lowest BCUT2D eigenvalue weighted by Crippen LogP contribution is -2.11. The third kappa shape index (κ3) is 6.46. The molecule has 0 fully saturated rings. The van der Waals surface area contributed by atoms with Crippen molar-refractivity contribution < 1.29 is 4.79 Å². The van der Waals surface area contributed by atoms with Crippen LogP contribution in [0.3, 0.4) is 0 Å². The summed E-state index contributed by atoms with van der Waals surface area (Å²) in [6.45, 7) is 15.7. The lowest BCUT2D eigenvalue weighted by molar-refractivity contribution is 0.112. The molecule has 0 bridgehead atoms. The van der Waals surface area contributed by atoms with E-state index in [9.17, 15) is 4.79 Å². The highest BCUT2D eigenvalue weighted by atomic mass is 16.1. The van der Waals surface area contributed by atoms with Gasteiger partial charge in [-0.25, -0.2) is 0 Å². The Labute approximate surface area is 131 Å². The standard InChI is InChI=1S/C20H32O/c1-15-12-16(8-10-19(2,3)4)18(14-21)17(13-15)9-11-20(5,6)7/h12-14H,8-11H2,1-7H3. The van der Waals surface area contributed by atoms with Crippen molar-refractivity contribution in [3.8, 4) is 0 Å². The van der Waals surface area contributed by atoms with Gasteiger partial charge in [0.2, 0.25) is 0 Å². The van der Waals surface area contributed by atoms with Crippen LogP contribution in [-0.4, -0.2) is 6.29 Å². The van der Waals surface area contributed by atoms with Gasteiger partial charge in [-0.3, -0.25) is 4.79 Å². The minimum absolute atomic E-state index is 0.301. The lowest BCUT2D eigenvalue weighted by atomic mass is 9.84. The van der Waals surface area contributed by atoms with Gasteiger partial charge in [0.15, 0.2) is 6.29 Å². The smallest absolute Gasteiger partial charge is 0.150 e. The fraction of sp³-hybridized carbons (Fsp3) is 0.650. The summed E-state index contributed by atoms with van der Waals surface area (Å²) in [5, 5.41) is 0. The second-order valence-electron chi connectivity index (χ2n) is 8.74. The molecule has 0 aliphatic carbocycles. The van der Waals surface area contributed by atoms with E-state index in [0.717, 1.165) is 37.5 Å². The number of rotatable bonds is 5. The molecule has 0 saturated heterocycles. The Bertz CT molecular complexity index is 445. The molecule has 0 amide bonds. The summed E-state index contributed by atoms with van der Waals surface area (Å²) >= 11 is 0. The zero-order chi connectivity index (χ0) is 16.3. The average molecular weight is 288 g/mol. The first-order valence-electron chi connectivity index (χ1n) is 8.09. The highest BCUT2D eigenvalue weighted by Crippen LogP contribution is 2.27. The zero-order valence-electron chi connectivity index (χ0n) is 15.0. The van der Waals surface area contributed by atoms with Crippen LogP contribution < -0.4 is 0 Å². The van der Waals surface area contributed by atoms with Gasteiger partial charge in [-0.15, -0.1) is 0 Å². The van der Waals surface area contributed by atoms with Crippen molar-refractivity contribution >= 4 is 6.29 Å². The predicted molar refractivity (Wildman–Crippen MR) is 92.1 cm³/mol. The lowest BCUT2D eigenvalue weighted by Gasteiger charge is -2.21. The zero-order valence-corrected chi connectivity index (χ0v) is 15.0. The average Bonchev–Trinajstić information content (AvgIpc) is 2.31. The van der Waals surface area contributed by atoms with Gasteiger partial charge in [0.05, 0.1) is 0 Å². The van der Waals surface area contributed by atoms with Crippen LogP contribution in [0.5, 0.6) is 0 Å². The Morgan fingerprint density at radius 1 is 0.857 bits per heavy atom. The molecule has 0 N–H and O–H groups in total. The topological polar surface area (TPSA) is 17.1 Å². The van der Waals surface area contributed by atoms with Crippen LogP contribution in [0.2, 0.25) is 0 Å². The predicted octanol–water partition coefficient (Wildman–Crippen LogP) is 5.76. The Morgan fingerprint density at radius 2 is 1.24 bits per heavy atom. The molecule has 0 radical (unpaired) electrons. The van der Waals surface area contributed by atoms with Gasteiger partial charge in [0.1, 0.15) is 0 Å². The quantitative estimate of drug-likeness (QED) is 0.629. The summed E-state index contributed by atoms with van der Waals surface area (Å²) < 4.78 is 0. The van der Waals surface area contributed by atoms with E-state index < -0.39 is 0 Å². The molecule has 1 aromatic rings. The fourth-order valence-electron chi connectivity index (χ4n) is 2.54. The maximum atomic E-state index is 11.6. The molecule has 0 atom stereocenters. The first-order chi connectivity index (χ1) is 9.52. The summed E-state index contributed by atoms with van der Waals surface area (Å²) in [6, 6.07) is 4.38. The van der Waals surface area contributed by atoms with Crippen molar-refractivity contribution in [1.29, 1.82) is 0 Å². The molecule has 1 aromatic carbocycles. The van der Waals surface area contributed by atoms with Crippen LogP contribution in [0.15, 0.2) is 12.1 Å². The molecule has 0 saturated carbocycles. The van der Waals surface area contributed by atoms with E-state index in [1.165, 1.54) is 16.7 Å². The molecule has 1 rings (SSSR count). The first kappa shape index (κ1) is 17.9. The summed E-state index contributed by atoms with van der Waals surface area (Å²) in [6.07, 6.45) is 5.25. The van der Waals surface area contributed by atoms with Gasteiger partial charge in [-0.2, -0.15) is 0 Å². The molecule has 0 heterocycles. The third-order valence-electron chi connectivity index (χ3n) is 3.90. The Balaban J connectivity index is 3.03. The number of carbonyl (C=O) groups excluding carboxylic acids is 1. The number of hydrogen-bond acceptors (Lipinski definition) is 1. The molecular weight excluding hydrogens is 256 g/mol. The van der Waals surface area contributed by atoms with Gasteiger partial charge < -0.3 is 0 Å². The molecule has 0 aliphatic rings. The summed E-state index contributed by atoms with van der Waals surface area (Å²) in [5.41, 5.74) is 5.26. The van der Waals surface area contributed by atoms with E-state index in [2.05, 4.69) is 60.6 Å². The molecule has 118 valence electrons. The van der Waals surface area contributed by atoms with Crippen molar-refractivity contribution in [2.24, 2.45) is 10.8 Å². The maximum absolute atomic E-state index is 11.6. The molecule has 21 heavy (non-hydrogen) atoms. The largest absolute Gasteiger partial charge is 0.298 e. The van der Waals surface area contributed by atoms with Crippen molar-refractivity contribution in [3.63, 3.8) is 0 Å². The van der Waals surface area contributed by atoms with Crippen LogP contribution in [0.4, 0.5) is 0 Å². The molecule has 1 heteroatoms. The van der Waals surface area contributed by atoms with Crippen LogP contribution in [0, 0.1) is 17.8 Å². The van der Waals surface area contributed by atoms with Gasteiger partial charge in [0, 0.05) is 5.56 Å². The second-order valence-corrected chi connectivity index (χ2v) is 8.74. The minimum atomic E-state index is 0.301. The highest BCUT2D eigenvalue weighted by molar-refractivity contribution is 5.80. The number of benzene rings is 1. The maximum Gasteiger partial charge on any atom is 0.150 e. The number of carbonyl (C=O) groups is 1. The van der Waals surface area contributed by atoms with Gasteiger partial charge in [0.25, 0.3) is 0 Å². The summed E-state index contributed by atoms with van der Waals surface area (Å²) in [5.74, 6) is 0. The SMILES string of the molecule is Cc1cc(CCC(C)(C)C)c(C=O)c(CCC(C)(C)C)c1. The van der Waals surface area contributed by atoms with Crippen molar-refractivity contribution in [1.82, 2.24) is 0 Å². The first-order valence-corrected chi connectivity index (χ1v) is 8.09. The molecule has 1 nitrogen and oxygen atoms in total. The van der Waals surface area contributed by atoms with Crippen LogP contribution in [0.1, 0.15) is 81.4 Å². The highest BCUT2D eigenvalue weighted by Gasteiger charge is 2.16. The molecule has 0 unspecified atom stereocenters. The van der Waals surface area contributed by atoms with Crippen LogP contribution >= 0.6 is 0 Å². The van der Waals surface area contributed by atoms with E-state index in [4.69, 9.17) is 0 Å². The number of hydrogen-bond donors (Lipinski definition) is 0. The normalized spacial score (nSPS) is 12.5. The van der Waals surface area contributed by atoms with E-state index in [1.807, 2.05) is 0 Å². The molecular formula is C20H32O. The van der Waals surface area contributed by atoms with Crippen molar-refractivity contribution in [2.45, 2.75) is 74.1 Å². The van der Waals surface area contributed by atoms with Crippen LogP contribution in [0.25, 0.3) is 0 Å². The fourth-order valence-corrected chi connectivity index (χ4v) is 2.54. The van der Waals surface area contributed by atoms with Gasteiger partial charge in [-0.1, -0.05) is 59.2 Å². The van der Waals surface area contributed by atoms with E-state index in [0.29, 0.717) is 10.8 Å². The van der Waals surface area contributed by atoms with Crippen molar-refractivity contribution in [2.75, 3.05) is 0 Å². The van der Waals surface area contributed by atoms with E-state index in [1.54, 1.807) is 0 Å². The van der Waals surface area contributed by atoms with Crippen molar-refractivity contribution in [3.05, 3.63) is 34.4 Å². The molecule has 0 aliphatic heterocycles.